The topological polar surface area (TPSA) is 112 Å². The van der Waals surface area contributed by atoms with Crippen molar-refractivity contribution < 1.29 is 33.3 Å². The lowest BCUT2D eigenvalue weighted by molar-refractivity contribution is -0.222. The van der Waals surface area contributed by atoms with E-state index in [1.807, 2.05) is 0 Å². The Balaban J connectivity index is 1.73. The third-order valence-electron chi connectivity index (χ3n) is 4.30. The number of rotatable bonds is 6. The van der Waals surface area contributed by atoms with Gasteiger partial charge in [-0.2, -0.15) is 0 Å². The van der Waals surface area contributed by atoms with Crippen LogP contribution in [-0.2, 0) is 19.1 Å². The highest BCUT2D eigenvalue weighted by atomic mass is 16.7. The van der Waals surface area contributed by atoms with Crippen molar-refractivity contribution in [3.63, 3.8) is 0 Å². The first-order chi connectivity index (χ1) is 14.7. The highest BCUT2D eigenvalue weighted by Crippen LogP contribution is 2.29. The van der Waals surface area contributed by atoms with E-state index in [0.29, 0.717) is 28.4 Å². The number of ether oxygens (including phenoxy) is 4. The van der Waals surface area contributed by atoms with Gasteiger partial charge in [-0.1, -0.05) is 0 Å². The number of carbonyl (C=O) groups excluding carboxylic acids is 3. The molecule has 2 aromatic rings. The average molecular weight is 426 g/mol. The number of benzene rings is 2. The summed E-state index contributed by atoms with van der Waals surface area (Å²) >= 11 is 0. The van der Waals surface area contributed by atoms with E-state index in [4.69, 9.17) is 18.9 Å². The van der Waals surface area contributed by atoms with E-state index in [-0.39, 0.29) is 11.5 Å². The molecule has 0 aromatic heterocycles. The van der Waals surface area contributed by atoms with Crippen LogP contribution in [0.2, 0.25) is 0 Å². The van der Waals surface area contributed by atoms with Gasteiger partial charge in [0.05, 0.1) is 19.9 Å². The van der Waals surface area contributed by atoms with Crippen molar-refractivity contribution in [3.8, 4) is 11.5 Å². The van der Waals surface area contributed by atoms with Gasteiger partial charge in [0.25, 0.3) is 11.7 Å². The zero-order valence-corrected chi connectivity index (χ0v) is 17.5. The fraction of sp³-hybridized carbons (Fsp3) is 0.227. The Labute approximate surface area is 178 Å². The molecule has 0 aliphatic carbocycles. The molecule has 31 heavy (non-hydrogen) atoms. The van der Waals surface area contributed by atoms with Crippen molar-refractivity contribution in [1.82, 2.24) is 0 Å². The van der Waals surface area contributed by atoms with E-state index in [0.717, 1.165) is 0 Å². The summed E-state index contributed by atoms with van der Waals surface area (Å²) in [6, 6.07) is 11.5. The standard InChI is InChI=1S/C22H22N2O7/c1-22(2)30-20(26)16(21(27)31-22)12-23-14-7-10-17(18(11-14)29-4)24-19(25)13-5-8-15(28-3)9-6-13/h5-12,23H,1-4H3,(H,24,25). The number of cyclic esters (lactones) is 2. The maximum Gasteiger partial charge on any atom is 0.350 e. The summed E-state index contributed by atoms with van der Waals surface area (Å²) in [7, 11) is 3.00. The zero-order chi connectivity index (χ0) is 22.6. The predicted molar refractivity (Wildman–Crippen MR) is 112 cm³/mol. The molecule has 3 rings (SSSR count). The van der Waals surface area contributed by atoms with E-state index in [2.05, 4.69) is 10.6 Å². The molecule has 2 aromatic carbocycles. The smallest absolute Gasteiger partial charge is 0.350 e. The van der Waals surface area contributed by atoms with Gasteiger partial charge in [-0.05, 0) is 36.4 Å². The first-order valence-electron chi connectivity index (χ1n) is 9.29. The van der Waals surface area contributed by atoms with Gasteiger partial charge in [0.2, 0.25) is 0 Å². The summed E-state index contributed by atoms with van der Waals surface area (Å²) in [5, 5.41) is 5.61. The molecule has 1 saturated heterocycles. The molecule has 1 aliphatic rings. The molecular weight excluding hydrogens is 404 g/mol. The normalized spacial score (nSPS) is 14.8. The van der Waals surface area contributed by atoms with Gasteiger partial charge in [-0.25, -0.2) is 9.59 Å². The highest BCUT2D eigenvalue weighted by molar-refractivity contribution is 6.15. The minimum Gasteiger partial charge on any atom is -0.497 e. The fourth-order valence-electron chi connectivity index (χ4n) is 2.76. The first-order valence-corrected chi connectivity index (χ1v) is 9.29. The van der Waals surface area contributed by atoms with Crippen molar-refractivity contribution in [3.05, 3.63) is 59.8 Å². The minimum atomic E-state index is -1.31. The average Bonchev–Trinajstić information content (AvgIpc) is 2.73. The summed E-state index contributed by atoms with van der Waals surface area (Å²) in [6.45, 7) is 2.94. The number of amides is 1. The third-order valence-corrected chi connectivity index (χ3v) is 4.30. The molecule has 1 aliphatic heterocycles. The number of anilines is 2. The van der Waals surface area contributed by atoms with Crippen LogP contribution in [0.4, 0.5) is 11.4 Å². The summed E-state index contributed by atoms with van der Waals surface area (Å²) in [5.41, 5.74) is 1.14. The summed E-state index contributed by atoms with van der Waals surface area (Å²) in [6.07, 6.45) is 1.20. The van der Waals surface area contributed by atoms with Crippen molar-refractivity contribution in [2.24, 2.45) is 0 Å². The van der Waals surface area contributed by atoms with Crippen molar-refractivity contribution >= 4 is 29.2 Å². The Morgan fingerprint density at radius 3 is 2.19 bits per heavy atom. The monoisotopic (exact) mass is 426 g/mol. The summed E-state index contributed by atoms with van der Waals surface area (Å²) in [4.78, 5) is 36.5. The van der Waals surface area contributed by atoms with Gasteiger partial charge in [-0.3, -0.25) is 4.79 Å². The van der Waals surface area contributed by atoms with E-state index in [1.54, 1.807) is 49.6 Å². The van der Waals surface area contributed by atoms with Gasteiger partial charge in [0, 0.05) is 37.4 Å². The Morgan fingerprint density at radius 1 is 0.968 bits per heavy atom. The quantitative estimate of drug-likeness (QED) is 0.412. The number of methoxy groups -OCH3 is 2. The third kappa shape index (κ3) is 5.13. The summed E-state index contributed by atoms with van der Waals surface area (Å²) < 4.78 is 20.5. The molecule has 0 unspecified atom stereocenters. The van der Waals surface area contributed by atoms with E-state index in [9.17, 15) is 14.4 Å². The molecule has 1 heterocycles. The molecule has 0 atom stereocenters. The molecular formula is C22H22N2O7. The number of carbonyl (C=O) groups is 3. The molecule has 0 bridgehead atoms. The van der Waals surface area contributed by atoms with Crippen LogP contribution < -0.4 is 20.1 Å². The van der Waals surface area contributed by atoms with Crippen LogP contribution in [0.3, 0.4) is 0 Å². The molecule has 162 valence electrons. The van der Waals surface area contributed by atoms with Gasteiger partial charge >= 0.3 is 11.9 Å². The first kappa shape index (κ1) is 21.7. The Hall–Kier alpha value is -4.01. The predicted octanol–water partition coefficient (Wildman–Crippen LogP) is 3.09. The van der Waals surface area contributed by atoms with Crippen LogP contribution in [0.15, 0.2) is 54.2 Å². The van der Waals surface area contributed by atoms with Crippen molar-refractivity contribution in [2.75, 3.05) is 24.9 Å². The van der Waals surface area contributed by atoms with Gasteiger partial charge in [0.1, 0.15) is 11.5 Å². The molecule has 9 nitrogen and oxygen atoms in total. The highest BCUT2D eigenvalue weighted by Gasteiger charge is 2.38. The van der Waals surface area contributed by atoms with Gasteiger partial charge in [-0.15, -0.1) is 0 Å². The lowest BCUT2D eigenvalue weighted by Gasteiger charge is -2.29. The SMILES string of the molecule is COc1ccc(C(=O)Nc2ccc(NC=C3C(=O)OC(C)(C)OC3=O)cc2OC)cc1. The molecule has 1 amide bonds. The summed E-state index contributed by atoms with van der Waals surface area (Å²) in [5.74, 6) is -2.18. The van der Waals surface area contributed by atoms with Gasteiger partial charge in [0.15, 0.2) is 5.57 Å². The fourth-order valence-corrected chi connectivity index (χ4v) is 2.76. The van der Waals surface area contributed by atoms with Crippen LogP contribution in [-0.4, -0.2) is 37.9 Å². The molecule has 1 fully saturated rings. The van der Waals surface area contributed by atoms with Crippen molar-refractivity contribution in [2.45, 2.75) is 19.6 Å². The maximum atomic E-state index is 12.5. The maximum absolute atomic E-state index is 12.5. The Kier molecular flexibility index (Phi) is 6.15. The molecule has 2 N–H and O–H groups in total. The van der Waals surface area contributed by atoms with E-state index < -0.39 is 17.7 Å². The number of nitrogens with one attached hydrogen (secondary N) is 2. The molecule has 0 saturated carbocycles. The van der Waals surface area contributed by atoms with Crippen LogP contribution in [0.25, 0.3) is 0 Å². The van der Waals surface area contributed by atoms with Gasteiger partial charge < -0.3 is 29.6 Å². The molecule has 0 spiro atoms. The lowest BCUT2D eigenvalue weighted by Crippen LogP contribution is -2.42. The van der Waals surface area contributed by atoms with Crippen LogP contribution in [0, 0.1) is 0 Å². The van der Waals surface area contributed by atoms with E-state index in [1.165, 1.54) is 27.2 Å². The Morgan fingerprint density at radius 2 is 1.61 bits per heavy atom. The largest absolute Gasteiger partial charge is 0.497 e. The number of hydrogen-bond acceptors (Lipinski definition) is 8. The van der Waals surface area contributed by atoms with Crippen LogP contribution >= 0.6 is 0 Å². The second kappa shape index (κ2) is 8.78. The molecule has 9 heteroatoms. The Bertz CT molecular complexity index is 1020. The molecule has 0 radical (unpaired) electrons. The minimum absolute atomic E-state index is 0.268. The number of hydrogen-bond donors (Lipinski definition) is 2. The zero-order valence-electron chi connectivity index (χ0n) is 17.5. The second-order valence-electron chi connectivity index (χ2n) is 6.98. The lowest BCUT2D eigenvalue weighted by atomic mass is 10.2. The second-order valence-corrected chi connectivity index (χ2v) is 6.98. The van der Waals surface area contributed by atoms with Crippen molar-refractivity contribution in [1.29, 1.82) is 0 Å². The number of esters is 2. The van der Waals surface area contributed by atoms with Crippen LogP contribution in [0.5, 0.6) is 11.5 Å². The van der Waals surface area contributed by atoms with E-state index >= 15 is 0 Å². The van der Waals surface area contributed by atoms with Crippen LogP contribution in [0.1, 0.15) is 24.2 Å².